The molecule has 1 aliphatic heterocycles. The quantitative estimate of drug-likeness (QED) is 0.431. The van der Waals surface area contributed by atoms with Gasteiger partial charge in [0, 0.05) is 12.2 Å². The van der Waals surface area contributed by atoms with Crippen LogP contribution in [0.4, 0.5) is 5.69 Å². The van der Waals surface area contributed by atoms with Crippen LogP contribution in [0.25, 0.3) is 10.9 Å². The van der Waals surface area contributed by atoms with E-state index < -0.39 is 0 Å². The molecule has 30 heavy (non-hydrogen) atoms. The molecule has 0 radical (unpaired) electrons. The highest BCUT2D eigenvalue weighted by atomic mass is 35.5. The van der Waals surface area contributed by atoms with Gasteiger partial charge in [-0.05, 0) is 62.7 Å². The van der Waals surface area contributed by atoms with Crippen LogP contribution in [0.3, 0.4) is 0 Å². The maximum absolute atomic E-state index is 13.1. The first kappa shape index (κ1) is 21.0. The van der Waals surface area contributed by atoms with Gasteiger partial charge in [0.05, 0.1) is 33.1 Å². The number of fused-ring (bicyclic) bond motifs is 1. The van der Waals surface area contributed by atoms with Gasteiger partial charge in [-0.15, -0.1) is 5.10 Å². The molecule has 0 unspecified atom stereocenters. The molecular formula is C22H24Cl2N4O2. The van der Waals surface area contributed by atoms with Crippen molar-refractivity contribution in [1.82, 2.24) is 14.7 Å². The van der Waals surface area contributed by atoms with Gasteiger partial charge in [-0.3, -0.25) is 4.79 Å². The average molecular weight is 447 g/mol. The summed E-state index contributed by atoms with van der Waals surface area (Å²) in [5, 5.41) is 5.65. The Bertz CT molecular complexity index is 1060. The Morgan fingerprint density at radius 2 is 1.93 bits per heavy atom. The van der Waals surface area contributed by atoms with Gasteiger partial charge in [0.25, 0.3) is 5.91 Å². The highest BCUT2D eigenvalue weighted by Crippen LogP contribution is 2.30. The second kappa shape index (κ2) is 9.25. The maximum atomic E-state index is 13.1. The van der Waals surface area contributed by atoms with E-state index in [1.165, 1.54) is 23.9 Å². The van der Waals surface area contributed by atoms with E-state index in [1.807, 2.05) is 0 Å². The Morgan fingerprint density at radius 1 is 1.13 bits per heavy atom. The lowest BCUT2D eigenvalue weighted by atomic mass is 10.1. The van der Waals surface area contributed by atoms with E-state index in [1.54, 1.807) is 36.4 Å². The summed E-state index contributed by atoms with van der Waals surface area (Å²) in [6.45, 7) is 3.83. The molecule has 0 atom stereocenters. The lowest BCUT2D eigenvalue weighted by molar-refractivity contribution is 0.0948. The van der Waals surface area contributed by atoms with Gasteiger partial charge < -0.3 is 15.4 Å². The fourth-order valence-corrected chi connectivity index (χ4v) is 4.17. The molecule has 2 N–H and O–H groups in total. The number of ether oxygens (including phenoxy) is 1. The highest BCUT2D eigenvalue weighted by Gasteiger charge is 2.21. The van der Waals surface area contributed by atoms with Crippen LogP contribution < -0.4 is 10.5 Å². The summed E-state index contributed by atoms with van der Waals surface area (Å²) in [5.74, 6) is 0.0166. The lowest BCUT2D eigenvalue weighted by Crippen LogP contribution is -2.31. The summed E-state index contributed by atoms with van der Waals surface area (Å²) in [6.07, 6.45) is 4.75. The third-order valence-corrected chi connectivity index (χ3v) is 6.17. The van der Waals surface area contributed by atoms with Crippen molar-refractivity contribution in [3.8, 4) is 5.88 Å². The smallest absolute Gasteiger partial charge is 0.280 e. The van der Waals surface area contributed by atoms with Crippen LogP contribution in [-0.4, -0.2) is 46.8 Å². The molecule has 1 fully saturated rings. The SMILES string of the molecule is Nc1ccc2c(c1)c(OCCCN1CCCCC1)nn2C(=O)c1cccc(Cl)c1Cl. The van der Waals surface area contributed by atoms with E-state index in [4.69, 9.17) is 33.7 Å². The zero-order chi connectivity index (χ0) is 21.1. The average Bonchev–Trinajstić information content (AvgIpc) is 3.11. The number of nitrogens with two attached hydrogens (primary N) is 1. The van der Waals surface area contributed by atoms with E-state index in [0.717, 1.165) is 26.1 Å². The normalized spacial score (nSPS) is 14.9. The third kappa shape index (κ3) is 4.41. The van der Waals surface area contributed by atoms with Crippen LogP contribution in [0, 0.1) is 0 Å². The molecule has 158 valence electrons. The van der Waals surface area contributed by atoms with Gasteiger partial charge >= 0.3 is 0 Å². The molecule has 1 aromatic heterocycles. The number of nitrogen functional groups attached to an aromatic ring is 1. The molecule has 8 heteroatoms. The predicted molar refractivity (Wildman–Crippen MR) is 121 cm³/mol. The summed E-state index contributed by atoms with van der Waals surface area (Å²) in [4.78, 5) is 15.6. The van der Waals surface area contributed by atoms with Gasteiger partial charge in [-0.2, -0.15) is 4.68 Å². The molecule has 3 aromatic rings. The van der Waals surface area contributed by atoms with E-state index >= 15 is 0 Å². The predicted octanol–water partition coefficient (Wildman–Crippen LogP) is 4.87. The zero-order valence-electron chi connectivity index (χ0n) is 16.6. The molecule has 0 amide bonds. The Balaban J connectivity index is 1.55. The Hall–Kier alpha value is -2.28. The summed E-state index contributed by atoms with van der Waals surface area (Å²) in [6, 6.07) is 10.2. The Kier molecular flexibility index (Phi) is 6.46. The van der Waals surface area contributed by atoms with Crippen LogP contribution in [0.1, 0.15) is 36.0 Å². The molecule has 2 heterocycles. The minimum absolute atomic E-state index is 0.201. The molecule has 6 nitrogen and oxygen atoms in total. The monoisotopic (exact) mass is 446 g/mol. The first-order valence-electron chi connectivity index (χ1n) is 10.2. The number of benzene rings is 2. The first-order chi connectivity index (χ1) is 14.5. The molecule has 1 saturated heterocycles. The number of piperidine rings is 1. The van der Waals surface area contributed by atoms with Crippen molar-refractivity contribution in [3.05, 3.63) is 52.0 Å². The minimum Gasteiger partial charge on any atom is -0.476 e. The standard InChI is InChI=1S/C22H24Cl2N4O2/c23-18-7-4-6-16(20(18)24)22(29)28-19-9-8-15(25)14-17(19)21(26-28)30-13-5-12-27-10-2-1-3-11-27/h4,6-9,14H,1-3,5,10-13,25H2. The van der Waals surface area contributed by atoms with E-state index in [2.05, 4.69) is 10.00 Å². The van der Waals surface area contributed by atoms with Crippen molar-refractivity contribution < 1.29 is 9.53 Å². The fourth-order valence-electron chi connectivity index (χ4n) is 3.79. The van der Waals surface area contributed by atoms with Crippen molar-refractivity contribution in [2.75, 3.05) is 32.0 Å². The number of nitrogens with zero attached hydrogens (tertiary/aromatic N) is 3. The number of likely N-dealkylation sites (tertiary alicyclic amines) is 1. The van der Waals surface area contributed by atoms with Gasteiger partial charge in [0.15, 0.2) is 0 Å². The van der Waals surface area contributed by atoms with Crippen LogP contribution in [0.2, 0.25) is 10.0 Å². The molecule has 1 aliphatic rings. The van der Waals surface area contributed by atoms with Gasteiger partial charge in [0.2, 0.25) is 5.88 Å². The minimum atomic E-state index is -0.375. The zero-order valence-corrected chi connectivity index (χ0v) is 18.1. The number of anilines is 1. The Labute approximate surface area is 185 Å². The third-order valence-electron chi connectivity index (χ3n) is 5.35. The highest BCUT2D eigenvalue weighted by molar-refractivity contribution is 6.44. The van der Waals surface area contributed by atoms with E-state index in [-0.39, 0.29) is 16.5 Å². The van der Waals surface area contributed by atoms with E-state index in [0.29, 0.717) is 34.1 Å². The van der Waals surface area contributed by atoms with Crippen LogP contribution >= 0.6 is 23.2 Å². The molecule has 0 bridgehead atoms. The molecule has 0 saturated carbocycles. The number of carbonyl (C=O) groups is 1. The lowest BCUT2D eigenvalue weighted by Gasteiger charge is -2.26. The summed E-state index contributed by atoms with van der Waals surface area (Å²) in [5.41, 5.74) is 7.43. The van der Waals surface area contributed by atoms with Crippen molar-refractivity contribution in [1.29, 1.82) is 0 Å². The van der Waals surface area contributed by atoms with Gasteiger partial charge in [-0.1, -0.05) is 35.7 Å². The number of hydrogen-bond donors (Lipinski definition) is 1. The molecule has 0 spiro atoms. The fraction of sp³-hybridized carbons (Fsp3) is 0.364. The van der Waals surface area contributed by atoms with Gasteiger partial charge in [-0.25, -0.2) is 0 Å². The number of hydrogen-bond acceptors (Lipinski definition) is 5. The van der Waals surface area contributed by atoms with Crippen molar-refractivity contribution in [2.45, 2.75) is 25.7 Å². The second-order valence-corrected chi connectivity index (χ2v) is 8.29. The largest absolute Gasteiger partial charge is 0.476 e. The van der Waals surface area contributed by atoms with Gasteiger partial charge in [0.1, 0.15) is 0 Å². The number of carbonyl (C=O) groups excluding carboxylic acids is 1. The summed E-state index contributed by atoms with van der Waals surface area (Å²) in [7, 11) is 0. The van der Waals surface area contributed by atoms with Crippen LogP contribution in [0.5, 0.6) is 5.88 Å². The van der Waals surface area contributed by atoms with E-state index in [9.17, 15) is 4.79 Å². The summed E-state index contributed by atoms with van der Waals surface area (Å²) >= 11 is 12.3. The van der Waals surface area contributed by atoms with Crippen LogP contribution in [-0.2, 0) is 0 Å². The second-order valence-electron chi connectivity index (χ2n) is 7.50. The van der Waals surface area contributed by atoms with Crippen molar-refractivity contribution in [3.63, 3.8) is 0 Å². The van der Waals surface area contributed by atoms with Crippen molar-refractivity contribution >= 4 is 45.7 Å². The number of rotatable bonds is 6. The summed E-state index contributed by atoms with van der Waals surface area (Å²) < 4.78 is 7.26. The van der Waals surface area contributed by atoms with Crippen LogP contribution in [0.15, 0.2) is 36.4 Å². The van der Waals surface area contributed by atoms with Crippen molar-refractivity contribution in [2.24, 2.45) is 0 Å². The molecule has 0 aliphatic carbocycles. The maximum Gasteiger partial charge on any atom is 0.280 e. The topological polar surface area (TPSA) is 73.4 Å². The first-order valence-corrected chi connectivity index (χ1v) is 10.9. The molecule has 4 rings (SSSR count). The number of halogens is 2. The molecular weight excluding hydrogens is 423 g/mol. The molecule has 2 aromatic carbocycles. The Morgan fingerprint density at radius 3 is 2.73 bits per heavy atom. The number of aromatic nitrogens is 2.